The Bertz CT molecular complexity index is 695. The molecule has 1 aromatic heterocycles. The molecule has 2 heterocycles. The molecule has 1 atom stereocenters. The van der Waals surface area contributed by atoms with Crippen LogP contribution in [0.25, 0.3) is 0 Å². The van der Waals surface area contributed by atoms with Crippen molar-refractivity contribution in [1.82, 2.24) is 9.88 Å². The average molecular weight is 315 g/mol. The number of amides is 1. The lowest BCUT2D eigenvalue weighted by Gasteiger charge is -2.26. The Balaban J connectivity index is 1.89. The van der Waals surface area contributed by atoms with Gasteiger partial charge in [0, 0.05) is 18.5 Å². The first-order valence-corrected chi connectivity index (χ1v) is 8.51. The second kappa shape index (κ2) is 6.18. The quantitative estimate of drug-likeness (QED) is 0.946. The first-order chi connectivity index (χ1) is 10.6. The number of likely N-dealkylation sites (tertiary alicyclic amines) is 1. The summed E-state index contributed by atoms with van der Waals surface area (Å²) >= 11 is 1.46. The molecule has 1 aromatic carbocycles. The van der Waals surface area contributed by atoms with Crippen molar-refractivity contribution in [2.24, 2.45) is 5.73 Å². The minimum absolute atomic E-state index is 0.0272. The van der Waals surface area contributed by atoms with Crippen molar-refractivity contribution in [3.05, 3.63) is 51.0 Å². The Morgan fingerprint density at radius 2 is 2.27 bits per heavy atom. The SMILES string of the molecule is Cc1cccc(C2CCCN2C(=O)c2csc(CN)n2)c1C. The van der Waals surface area contributed by atoms with Crippen molar-refractivity contribution in [1.29, 1.82) is 0 Å². The van der Waals surface area contributed by atoms with Crippen LogP contribution in [0.2, 0.25) is 0 Å². The van der Waals surface area contributed by atoms with Gasteiger partial charge in [-0.3, -0.25) is 4.79 Å². The molecule has 1 aliphatic heterocycles. The van der Waals surface area contributed by atoms with Crippen molar-refractivity contribution in [3.8, 4) is 0 Å². The van der Waals surface area contributed by atoms with Gasteiger partial charge in [-0.1, -0.05) is 18.2 Å². The maximum Gasteiger partial charge on any atom is 0.273 e. The summed E-state index contributed by atoms with van der Waals surface area (Å²) in [6.45, 7) is 5.44. The van der Waals surface area contributed by atoms with E-state index < -0.39 is 0 Å². The third-order valence-corrected chi connectivity index (χ3v) is 5.34. The highest BCUT2D eigenvalue weighted by Crippen LogP contribution is 2.35. The van der Waals surface area contributed by atoms with Crippen molar-refractivity contribution in [2.45, 2.75) is 39.3 Å². The summed E-state index contributed by atoms with van der Waals surface area (Å²) < 4.78 is 0. The normalized spacial score (nSPS) is 18.0. The van der Waals surface area contributed by atoms with Crippen molar-refractivity contribution in [3.63, 3.8) is 0 Å². The number of carbonyl (C=O) groups is 1. The number of hydrogen-bond donors (Lipinski definition) is 1. The summed E-state index contributed by atoms with van der Waals surface area (Å²) in [6, 6.07) is 6.50. The van der Waals surface area contributed by atoms with Gasteiger partial charge < -0.3 is 10.6 Å². The van der Waals surface area contributed by atoms with E-state index in [0.717, 1.165) is 24.4 Å². The van der Waals surface area contributed by atoms with Crippen LogP contribution in [-0.4, -0.2) is 22.3 Å². The first kappa shape index (κ1) is 15.2. The van der Waals surface area contributed by atoms with Gasteiger partial charge >= 0.3 is 0 Å². The lowest BCUT2D eigenvalue weighted by Crippen LogP contribution is -2.31. The number of nitrogens with zero attached hydrogens (tertiary/aromatic N) is 2. The number of aromatic nitrogens is 1. The predicted molar refractivity (Wildman–Crippen MR) is 88.9 cm³/mol. The molecule has 2 N–H and O–H groups in total. The van der Waals surface area contributed by atoms with E-state index in [4.69, 9.17) is 5.73 Å². The van der Waals surface area contributed by atoms with Gasteiger partial charge in [-0.25, -0.2) is 4.98 Å². The molecular weight excluding hydrogens is 294 g/mol. The fraction of sp³-hybridized carbons (Fsp3) is 0.412. The van der Waals surface area contributed by atoms with E-state index in [0.29, 0.717) is 12.2 Å². The minimum atomic E-state index is 0.0272. The van der Waals surface area contributed by atoms with Gasteiger partial charge in [-0.2, -0.15) is 0 Å². The Hall–Kier alpha value is -1.72. The van der Waals surface area contributed by atoms with Gasteiger partial charge in [0.25, 0.3) is 5.91 Å². The number of carbonyl (C=O) groups excluding carboxylic acids is 1. The first-order valence-electron chi connectivity index (χ1n) is 7.63. The molecule has 1 aliphatic rings. The van der Waals surface area contributed by atoms with Crippen LogP contribution in [0, 0.1) is 13.8 Å². The standard InChI is InChI=1S/C17H21N3OS/c1-11-5-3-6-13(12(11)2)15-7-4-8-20(15)17(21)14-10-22-16(9-18)19-14/h3,5-6,10,15H,4,7-9,18H2,1-2H3. The smallest absolute Gasteiger partial charge is 0.273 e. The molecule has 0 saturated carbocycles. The molecular formula is C17H21N3OS. The molecule has 0 aliphatic carbocycles. The van der Waals surface area contributed by atoms with Crippen LogP contribution in [0.4, 0.5) is 0 Å². The maximum absolute atomic E-state index is 12.8. The van der Waals surface area contributed by atoms with E-state index in [1.807, 2.05) is 10.3 Å². The number of thiazole rings is 1. The Morgan fingerprint density at radius 3 is 3.00 bits per heavy atom. The molecule has 0 spiro atoms. The summed E-state index contributed by atoms with van der Waals surface area (Å²) in [5, 5.41) is 2.63. The fourth-order valence-electron chi connectivity index (χ4n) is 3.12. The van der Waals surface area contributed by atoms with Crippen molar-refractivity contribution < 1.29 is 4.79 Å². The molecule has 1 fully saturated rings. The summed E-state index contributed by atoms with van der Waals surface area (Å²) in [4.78, 5) is 19.1. The number of aryl methyl sites for hydroxylation is 1. The highest BCUT2D eigenvalue weighted by atomic mass is 32.1. The monoisotopic (exact) mass is 315 g/mol. The van der Waals surface area contributed by atoms with Crippen LogP contribution >= 0.6 is 11.3 Å². The lowest BCUT2D eigenvalue weighted by molar-refractivity contribution is 0.0730. The van der Waals surface area contributed by atoms with E-state index in [1.54, 1.807) is 0 Å². The van der Waals surface area contributed by atoms with E-state index >= 15 is 0 Å². The van der Waals surface area contributed by atoms with Crippen LogP contribution in [0.1, 0.15) is 51.1 Å². The molecule has 4 nitrogen and oxygen atoms in total. The number of hydrogen-bond acceptors (Lipinski definition) is 4. The largest absolute Gasteiger partial charge is 0.330 e. The van der Waals surface area contributed by atoms with Gasteiger partial charge in [0.15, 0.2) is 0 Å². The highest BCUT2D eigenvalue weighted by Gasteiger charge is 2.32. The molecule has 0 radical (unpaired) electrons. The minimum Gasteiger partial charge on any atom is -0.330 e. The number of nitrogens with two attached hydrogens (primary N) is 1. The molecule has 116 valence electrons. The molecule has 22 heavy (non-hydrogen) atoms. The van der Waals surface area contributed by atoms with E-state index in [-0.39, 0.29) is 11.9 Å². The van der Waals surface area contributed by atoms with Gasteiger partial charge in [-0.15, -0.1) is 11.3 Å². The van der Waals surface area contributed by atoms with Crippen LogP contribution in [-0.2, 0) is 6.54 Å². The van der Waals surface area contributed by atoms with Gasteiger partial charge in [0.05, 0.1) is 6.04 Å². The van der Waals surface area contributed by atoms with Crippen LogP contribution in [0.3, 0.4) is 0 Å². The second-order valence-corrected chi connectivity index (χ2v) is 6.72. The predicted octanol–water partition coefficient (Wildman–Crippen LogP) is 3.20. The van der Waals surface area contributed by atoms with Gasteiger partial charge in [0.2, 0.25) is 0 Å². The van der Waals surface area contributed by atoms with E-state index in [9.17, 15) is 4.79 Å². The zero-order chi connectivity index (χ0) is 15.7. The molecule has 2 aromatic rings. The molecule has 0 bridgehead atoms. The Kier molecular flexibility index (Phi) is 4.27. The lowest BCUT2D eigenvalue weighted by atomic mass is 9.96. The molecule has 5 heteroatoms. The van der Waals surface area contributed by atoms with E-state index in [2.05, 4.69) is 37.0 Å². The number of benzene rings is 1. The average Bonchev–Trinajstić information content (AvgIpc) is 3.18. The molecule has 1 saturated heterocycles. The Morgan fingerprint density at radius 1 is 1.45 bits per heavy atom. The van der Waals surface area contributed by atoms with Gasteiger partial charge in [-0.05, 0) is 43.4 Å². The van der Waals surface area contributed by atoms with E-state index in [1.165, 1.54) is 28.0 Å². The summed E-state index contributed by atoms with van der Waals surface area (Å²) in [6.07, 6.45) is 2.06. The number of rotatable bonds is 3. The summed E-state index contributed by atoms with van der Waals surface area (Å²) in [5.74, 6) is 0.0272. The zero-order valence-corrected chi connectivity index (χ0v) is 13.8. The summed E-state index contributed by atoms with van der Waals surface area (Å²) in [7, 11) is 0. The van der Waals surface area contributed by atoms with Gasteiger partial charge in [0.1, 0.15) is 10.7 Å². The molecule has 1 amide bonds. The zero-order valence-electron chi connectivity index (χ0n) is 13.0. The van der Waals surface area contributed by atoms with Crippen molar-refractivity contribution >= 4 is 17.2 Å². The summed E-state index contributed by atoms with van der Waals surface area (Å²) in [5.41, 5.74) is 9.95. The second-order valence-electron chi connectivity index (χ2n) is 5.78. The third kappa shape index (κ3) is 2.66. The Labute approximate surface area is 135 Å². The van der Waals surface area contributed by atoms with Crippen LogP contribution in [0.5, 0.6) is 0 Å². The fourth-order valence-corrected chi connectivity index (χ4v) is 3.77. The topological polar surface area (TPSA) is 59.2 Å². The molecule has 1 unspecified atom stereocenters. The third-order valence-electron chi connectivity index (χ3n) is 4.46. The maximum atomic E-state index is 12.8. The highest BCUT2D eigenvalue weighted by molar-refractivity contribution is 7.09. The van der Waals surface area contributed by atoms with Crippen molar-refractivity contribution in [2.75, 3.05) is 6.54 Å². The van der Waals surface area contributed by atoms with Crippen LogP contribution < -0.4 is 5.73 Å². The molecule has 3 rings (SSSR count). The van der Waals surface area contributed by atoms with Crippen LogP contribution in [0.15, 0.2) is 23.6 Å².